The Balaban J connectivity index is 1.52. The van der Waals surface area contributed by atoms with E-state index in [0.29, 0.717) is 18.3 Å². The fourth-order valence-electron chi connectivity index (χ4n) is 2.70. The zero-order valence-corrected chi connectivity index (χ0v) is 12.7. The highest BCUT2D eigenvalue weighted by atomic mass is 16.5. The van der Waals surface area contributed by atoms with Gasteiger partial charge in [-0.2, -0.15) is 0 Å². The van der Waals surface area contributed by atoms with Crippen LogP contribution in [0.5, 0.6) is 5.75 Å². The fourth-order valence-corrected chi connectivity index (χ4v) is 2.70. The lowest BCUT2D eigenvalue weighted by molar-refractivity contribution is 0.296. The maximum Gasteiger partial charge on any atom is 0.169 e. The van der Waals surface area contributed by atoms with Gasteiger partial charge >= 0.3 is 0 Å². The third-order valence-electron chi connectivity index (χ3n) is 3.74. The molecule has 1 fully saturated rings. The summed E-state index contributed by atoms with van der Waals surface area (Å²) in [6, 6.07) is 6.28. The molecule has 1 heterocycles. The van der Waals surface area contributed by atoms with Gasteiger partial charge in [-0.15, -0.1) is 5.10 Å². The van der Waals surface area contributed by atoms with E-state index in [1.165, 1.54) is 24.0 Å². The van der Waals surface area contributed by atoms with Crippen LogP contribution in [0.25, 0.3) is 0 Å². The van der Waals surface area contributed by atoms with Crippen LogP contribution in [0.1, 0.15) is 42.0 Å². The number of benzene rings is 1. The summed E-state index contributed by atoms with van der Waals surface area (Å²) in [7, 11) is 0. The van der Waals surface area contributed by atoms with Crippen LogP contribution in [0.2, 0.25) is 0 Å². The number of nitrogens with two attached hydrogens (primary N) is 1. The average Bonchev–Trinajstić information content (AvgIpc) is 3.18. The van der Waals surface area contributed by atoms with E-state index in [1.54, 1.807) is 0 Å². The Kier molecular flexibility index (Phi) is 3.82. The number of rotatable bonds is 6. The summed E-state index contributed by atoms with van der Waals surface area (Å²) in [6.45, 7) is 5.65. The van der Waals surface area contributed by atoms with Gasteiger partial charge in [-0.05, 0) is 49.9 Å². The van der Waals surface area contributed by atoms with Gasteiger partial charge in [-0.1, -0.05) is 11.3 Å². The van der Waals surface area contributed by atoms with Crippen LogP contribution in [-0.4, -0.2) is 21.6 Å². The van der Waals surface area contributed by atoms with Gasteiger partial charge in [0, 0.05) is 18.9 Å². The molecule has 21 heavy (non-hydrogen) atoms. The van der Waals surface area contributed by atoms with Crippen molar-refractivity contribution < 1.29 is 4.74 Å². The number of aryl methyl sites for hydroxylation is 3. The molecule has 2 N–H and O–H groups in total. The van der Waals surface area contributed by atoms with Gasteiger partial charge in [0.25, 0.3) is 0 Å². The molecule has 0 spiro atoms. The first-order valence-corrected chi connectivity index (χ1v) is 7.53. The molecule has 1 aromatic carbocycles. The molecule has 3 rings (SSSR count). The van der Waals surface area contributed by atoms with Gasteiger partial charge in [0.2, 0.25) is 0 Å². The van der Waals surface area contributed by atoms with Crippen molar-refractivity contribution in [1.82, 2.24) is 15.0 Å². The monoisotopic (exact) mass is 286 g/mol. The third-order valence-corrected chi connectivity index (χ3v) is 3.74. The molecule has 1 aromatic heterocycles. The van der Waals surface area contributed by atoms with Crippen molar-refractivity contribution in [3.8, 4) is 5.75 Å². The molecule has 5 heteroatoms. The first-order valence-electron chi connectivity index (χ1n) is 7.53. The molecule has 0 bridgehead atoms. The molecular formula is C16H22N4O. The number of hydrogen-bond acceptors (Lipinski definition) is 4. The molecule has 112 valence electrons. The Labute approximate surface area is 125 Å². The number of hydrogen-bond donors (Lipinski definition) is 1. The maximum atomic E-state index is 5.89. The van der Waals surface area contributed by atoms with Crippen molar-refractivity contribution in [3.63, 3.8) is 0 Å². The molecule has 1 saturated carbocycles. The van der Waals surface area contributed by atoms with Gasteiger partial charge in [0.15, 0.2) is 5.82 Å². The quantitative estimate of drug-likeness (QED) is 0.829. The Morgan fingerprint density at radius 2 is 1.95 bits per heavy atom. The number of nitrogen functional groups attached to an aromatic ring is 1. The summed E-state index contributed by atoms with van der Waals surface area (Å²) < 4.78 is 7.76. The first kappa shape index (κ1) is 13.9. The number of anilines is 1. The topological polar surface area (TPSA) is 66.0 Å². The van der Waals surface area contributed by atoms with Gasteiger partial charge in [-0.3, -0.25) is 0 Å². The van der Waals surface area contributed by atoms with E-state index >= 15 is 0 Å². The lowest BCUT2D eigenvalue weighted by atomic mass is 10.1. The Morgan fingerprint density at radius 3 is 2.62 bits per heavy atom. The van der Waals surface area contributed by atoms with Crippen molar-refractivity contribution in [1.29, 1.82) is 0 Å². The first-order chi connectivity index (χ1) is 10.1. The highest BCUT2D eigenvalue weighted by Crippen LogP contribution is 2.41. The molecule has 0 atom stereocenters. The van der Waals surface area contributed by atoms with Gasteiger partial charge < -0.3 is 10.5 Å². The molecule has 0 amide bonds. The van der Waals surface area contributed by atoms with Crippen LogP contribution in [-0.2, 0) is 6.54 Å². The molecule has 0 unspecified atom stereocenters. The molecule has 0 aliphatic heterocycles. The van der Waals surface area contributed by atoms with E-state index in [1.807, 2.05) is 4.68 Å². The standard InChI is InChI=1S/C16H22N4O/c1-11-8-12(2)10-14(9-11)21-7-3-6-20-15(13-4-5-13)16(17)18-19-20/h8-10,13H,3-7,17H2,1-2H3. The summed E-state index contributed by atoms with van der Waals surface area (Å²) in [5, 5.41) is 8.12. The molecular weight excluding hydrogens is 264 g/mol. The molecule has 0 radical (unpaired) electrons. The van der Waals surface area contributed by atoms with Crippen LogP contribution >= 0.6 is 0 Å². The van der Waals surface area contributed by atoms with Crippen LogP contribution in [0.15, 0.2) is 18.2 Å². The molecule has 0 saturated heterocycles. The maximum absolute atomic E-state index is 5.89. The number of aromatic nitrogens is 3. The minimum atomic E-state index is 0.570. The second-order valence-electron chi connectivity index (χ2n) is 5.88. The van der Waals surface area contributed by atoms with E-state index < -0.39 is 0 Å². The Bertz CT molecular complexity index is 611. The molecule has 1 aliphatic rings. The van der Waals surface area contributed by atoms with Crippen molar-refractivity contribution >= 4 is 5.82 Å². The lowest BCUT2D eigenvalue weighted by Gasteiger charge is -2.09. The van der Waals surface area contributed by atoms with E-state index in [0.717, 1.165) is 24.4 Å². The molecule has 5 nitrogen and oxygen atoms in total. The van der Waals surface area contributed by atoms with Crippen molar-refractivity contribution in [2.75, 3.05) is 12.3 Å². The summed E-state index contributed by atoms with van der Waals surface area (Å²) in [5.41, 5.74) is 9.45. The summed E-state index contributed by atoms with van der Waals surface area (Å²) in [5.74, 6) is 2.10. The average molecular weight is 286 g/mol. The van der Waals surface area contributed by atoms with Crippen LogP contribution < -0.4 is 10.5 Å². The normalized spacial score (nSPS) is 14.4. The third kappa shape index (κ3) is 3.35. The SMILES string of the molecule is Cc1cc(C)cc(OCCCn2nnc(N)c2C2CC2)c1. The minimum absolute atomic E-state index is 0.570. The van der Waals surface area contributed by atoms with Gasteiger partial charge in [0.05, 0.1) is 12.3 Å². The van der Waals surface area contributed by atoms with Crippen LogP contribution in [0.3, 0.4) is 0 Å². The van der Waals surface area contributed by atoms with Crippen molar-refractivity contribution in [2.45, 2.75) is 45.6 Å². The minimum Gasteiger partial charge on any atom is -0.494 e. The number of nitrogens with zero attached hydrogens (tertiary/aromatic N) is 3. The fraction of sp³-hybridized carbons (Fsp3) is 0.500. The smallest absolute Gasteiger partial charge is 0.169 e. The van der Waals surface area contributed by atoms with E-state index in [-0.39, 0.29) is 0 Å². The van der Waals surface area contributed by atoms with E-state index in [9.17, 15) is 0 Å². The van der Waals surface area contributed by atoms with Crippen molar-refractivity contribution in [2.24, 2.45) is 0 Å². The van der Waals surface area contributed by atoms with Gasteiger partial charge in [-0.25, -0.2) is 4.68 Å². The van der Waals surface area contributed by atoms with E-state index in [2.05, 4.69) is 42.4 Å². The zero-order valence-electron chi connectivity index (χ0n) is 12.7. The highest BCUT2D eigenvalue weighted by Gasteiger charge is 2.30. The van der Waals surface area contributed by atoms with Crippen molar-refractivity contribution in [3.05, 3.63) is 35.0 Å². The lowest BCUT2D eigenvalue weighted by Crippen LogP contribution is -2.09. The Morgan fingerprint density at radius 1 is 1.24 bits per heavy atom. The summed E-state index contributed by atoms with van der Waals surface area (Å²) in [6.07, 6.45) is 3.31. The zero-order chi connectivity index (χ0) is 14.8. The Hall–Kier alpha value is -2.04. The molecule has 1 aliphatic carbocycles. The largest absolute Gasteiger partial charge is 0.494 e. The molecule has 2 aromatic rings. The second kappa shape index (κ2) is 5.76. The predicted octanol–water partition coefficient (Wildman–Crippen LogP) is 2.82. The van der Waals surface area contributed by atoms with Crippen LogP contribution in [0.4, 0.5) is 5.82 Å². The predicted molar refractivity (Wildman–Crippen MR) is 82.4 cm³/mol. The number of ether oxygens (including phenoxy) is 1. The van der Waals surface area contributed by atoms with Crippen LogP contribution in [0, 0.1) is 13.8 Å². The second-order valence-corrected chi connectivity index (χ2v) is 5.88. The summed E-state index contributed by atoms with van der Waals surface area (Å²) >= 11 is 0. The highest BCUT2D eigenvalue weighted by molar-refractivity contribution is 5.38. The van der Waals surface area contributed by atoms with Gasteiger partial charge in [0.1, 0.15) is 5.75 Å². The summed E-state index contributed by atoms with van der Waals surface area (Å²) in [4.78, 5) is 0. The van der Waals surface area contributed by atoms with E-state index in [4.69, 9.17) is 10.5 Å².